The summed E-state index contributed by atoms with van der Waals surface area (Å²) in [5, 5.41) is 3.43. The van der Waals surface area contributed by atoms with Crippen molar-refractivity contribution in [3.63, 3.8) is 0 Å². The number of amides is 2. The Morgan fingerprint density at radius 1 is 1.05 bits per heavy atom. The van der Waals surface area contributed by atoms with Crippen LogP contribution in [0.4, 0.5) is 11.4 Å². The van der Waals surface area contributed by atoms with Gasteiger partial charge in [0.25, 0.3) is 0 Å². The van der Waals surface area contributed by atoms with E-state index in [9.17, 15) is 9.59 Å². The zero-order valence-corrected chi connectivity index (χ0v) is 13.4. The Kier molecular flexibility index (Phi) is 5.41. The minimum atomic E-state index is -0.425. The highest BCUT2D eigenvalue weighted by molar-refractivity contribution is 6.35. The fourth-order valence-electron chi connectivity index (χ4n) is 1.88. The highest BCUT2D eigenvalue weighted by Gasteiger charge is 2.15. The van der Waals surface area contributed by atoms with Gasteiger partial charge in [-0.25, -0.2) is 0 Å². The number of rotatable bonds is 4. The number of carbonyl (C=O) groups excluding carboxylic acids is 2. The topological polar surface area (TPSA) is 49.4 Å². The Morgan fingerprint density at radius 3 is 2.23 bits per heavy atom. The minimum Gasteiger partial charge on any atom is -0.326 e. The molecule has 0 radical (unpaired) electrons. The Labute approximate surface area is 138 Å². The standard InChI is InChI=1S/C16H14Cl2N2O2/c1-20(14-5-3-2-4-6-14)16(22)10-15(21)19-13-8-11(17)7-12(18)9-13/h2-9H,10H2,1H3,(H,19,21). The van der Waals surface area contributed by atoms with Crippen LogP contribution in [0.1, 0.15) is 6.42 Å². The fraction of sp³-hybridized carbons (Fsp3) is 0.125. The molecule has 0 saturated carbocycles. The lowest BCUT2D eigenvalue weighted by Gasteiger charge is -2.17. The largest absolute Gasteiger partial charge is 0.326 e. The van der Waals surface area contributed by atoms with Crippen molar-refractivity contribution < 1.29 is 9.59 Å². The van der Waals surface area contributed by atoms with E-state index in [0.717, 1.165) is 5.69 Å². The van der Waals surface area contributed by atoms with E-state index in [4.69, 9.17) is 23.2 Å². The van der Waals surface area contributed by atoms with Crippen LogP contribution in [0.2, 0.25) is 10.0 Å². The second kappa shape index (κ2) is 7.29. The second-order valence-electron chi connectivity index (χ2n) is 4.67. The first-order chi connectivity index (χ1) is 10.5. The molecule has 0 aliphatic heterocycles. The van der Waals surface area contributed by atoms with E-state index < -0.39 is 5.91 Å². The summed E-state index contributed by atoms with van der Waals surface area (Å²) in [6.07, 6.45) is -0.268. The normalized spacial score (nSPS) is 10.1. The summed E-state index contributed by atoms with van der Waals surface area (Å²) in [5.41, 5.74) is 1.18. The van der Waals surface area contributed by atoms with Crippen LogP contribution in [0.15, 0.2) is 48.5 Å². The minimum absolute atomic E-state index is 0.268. The molecule has 114 valence electrons. The summed E-state index contributed by atoms with van der Waals surface area (Å²) in [6, 6.07) is 13.8. The van der Waals surface area contributed by atoms with Crippen LogP contribution < -0.4 is 10.2 Å². The van der Waals surface area contributed by atoms with E-state index in [2.05, 4.69) is 5.32 Å². The summed E-state index contributed by atoms with van der Waals surface area (Å²) in [5.74, 6) is -0.733. The molecular formula is C16H14Cl2N2O2. The number of nitrogens with zero attached hydrogens (tertiary/aromatic N) is 1. The molecule has 2 aromatic carbocycles. The zero-order valence-electron chi connectivity index (χ0n) is 11.8. The molecule has 0 atom stereocenters. The number of hydrogen-bond donors (Lipinski definition) is 1. The SMILES string of the molecule is CN(C(=O)CC(=O)Nc1cc(Cl)cc(Cl)c1)c1ccccc1. The van der Waals surface area contributed by atoms with Gasteiger partial charge in [-0.1, -0.05) is 41.4 Å². The molecule has 0 unspecified atom stereocenters. The van der Waals surface area contributed by atoms with Crippen LogP contribution >= 0.6 is 23.2 Å². The number of hydrogen-bond acceptors (Lipinski definition) is 2. The molecule has 4 nitrogen and oxygen atoms in total. The van der Waals surface area contributed by atoms with Gasteiger partial charge in [0.15, 0.2) is 0 Å². The van der Waals surface area contributed by atoms with Crippen molar-refractivity contribution in [2.75, 3.05) is 17.3 Å². The van der Waals surface area contributed by atoms with Gasteiger partial charge in [0, 0.05) is 28.5 Å². The Bertz CT molecular complexity index is 670. The van der Waals surface area contributed by atoms with Crippen LogP contribution in [0.3, 0.4) is 0 Å². The van der Waals surface area contributed by atoms with Gasteiger partial charge < -0.3 is 10.2 Å². The Morgan fingerprint density at radius 2 is 1.64 bits per heavy atom. The first-order valence-electron chi connectivity index (χ1n) is 6.53. The number of nitrogens with one attached hydrogen (secondary N) is 1. The fourth-order valence-corrected chi connectivity index (χ4v) is 2.41. The third-order valence-electron chi connectivity index (χ3n) is 2.98. The lowest BCUT2D eigenvalue weighted by molar-refractivity contribution is -0.125. The molecule has 0 saturated heterocycles. The average Bonchev–Trinajstić information content (AvgIpc) is 2.46. The summed E-state index contributed by atoms with van der Waals surface area (Å²) in [7, 11) is 1.63. The smallest absolute Gasteiger partial charge is 0.236 e. The maximum Gasteiger partial charge on any atom is 0.236 e. The Balaban J connectivity index is 1.98. The van der Waals surface area contributed by atoms with Crippen molar-refractivity contribution in [3.8, 4) is 0 Å². The van der Waals surface area contributed by atoms with Crippen molar-refractivity contribution in [1.29, 1.82) is 0 Å². The van der Waals surface area contributed by atoms with Crippen molar-refractivity contribution >= 4 is 46.4 Å². The molecule has 2 aromatic rings. The summed E-state index contributed by atoms with van der Waals surface area (Å²) >= 11 is 11.7. The van der Waals surface area contributed by atoms with Crippen LogP contribution in [0, 0.1) is 0 Å². The van der Waals surface area contributed by atoms with E-state index >= 15 is 0 Å². The van der Waals surface area contributed by atoms with Crippen LogP contribution in [0.5, 0.6) is 0 Å². The third-order valence-corrected chi connectivity index (χ3v) is 3.41. The number of carbonyl (C=O) groups is 2. The first kappa shape index (κ1) is 16.3. The highest BCUT2D eigenvalue weighted by atomic mass is 35.5. The van der Waals surface area contributed by atoms with Crippen molar-refractivity contribution in [2.24, 2.45) is 0 Å². The molecule has 2 amide bonds. The van der Waals surface area contributed by atoms with Crippen molar-refractivity contribution in [3.05, 3.63) is 58.6 Å². The maximum atomic E-state index is 12.1. The van der Waals surface area contributed by atoms with E-state index in [1.807, 2.05) is 18.2 Å². The Hall–Kier alpha value is -2.04. The predicted octanol–water partition coefficient (Wildman–Crippen LogP) is 3.99. The zero-order chi connectivity index (χ0) is 16.1. The summed E-state index contributed by atoms with van der Waals surface area (Å²) < 4.78 is 0. The molecule has 0 heterocycles. The van der Waals surface area contributed by atoms with Crippen molar-refractivity contribution in [2.45, 2.75) is 6.42 Å². The van der Waals surface area contributed by atoms with Gasteiger partial charge >= 0.3 is 0 Å². The van der Waals surface area contributed by atoms with Gasteiger partial charge in [0.1, 0.15) is 6.42 Å². The van der Waals surface area contributed by atoms with E-state index in [-0.39, 0.29) is 12.3 Å². The average molecular weight is 337 g/mol. The highest BCUT2D eigenvalue weighted by Crippen LogP contribution is 2.22. The molecule has 1 N–H and O–H groups in total. The van der Waals surface area contributed by atoms with Crippen LogP contribution in [-0.2, 0) is 9.59 Å². The monoisotopic (exact) mass is 336 g/mol. The van der Waals surface area contributed by atoms with Gasteiger partial charge in [-0.3, -0.25) is 9.59 Å². The second-order valence-corrected chi connectivity index (χ2v) is 5.54. The van der Waals surface area contributed by atoms with Crippen LogP contribution in [0.25, 0.3) is 0 Å². The molecule has 0 bridgehead atoms. The molecule has 0 aromatic heterocycles. The molecule has 0 aliphatic carbocycles. The van der Waals surface area contributed by atoms with Gasteiger partial charge in [-0.15, -0.1) is 0 Å². The summed E-state index contributed by atoms with van der Waals surface area (Å²) in [6.45, 7) is 0. The van der Waals surface area contributed by atoms with E-state index in [0.29, 0.717) is 15.7 Å². The third kappa shape index (κ3) is 4.48. The molecule has 22 heavy (non-hydrogen) atoms. The molecule has 2 rings (SSSR count). The number of para-hydroxylation sites is 1. The van der Waals surface area contributed by atoms with Gasteiger partial charge in [-0.05, 0) is 30.3 Å². The van der Waals surface area contributed by atoms with Gasteiger partial charge in [0.05, 0.1) is 0 Å². The van der Waals surface area contributed by atoms with E-state index in [1.165, 1.54) is 4.90 Å². The molecular weight excluding hydrogens is 323 g/mol. The van der Waals surface area contributed by atoms with Crippen LogP contribution in [-0.4, -0.2) is 18.9 Å². The van der Waals surface area contributed by atoms with Gasteiger partial charge in [0.2, 0.25) is 11.8 Å². The molecule has 0 fully saturated rings. The first-order valence-corrected chi connectivity index (χ1v) is 7.29. The molecule has 0 aliphatic rings. The van der Waals surface area contributed by atoms with E-state index in [1.54, 1.807) is 37.4 Å². The lowest BCUT2D eigenvalue weighted by atomic mass is 10.2. The van der Waals surface area contributed by atoms with Crippen molar-refractivity contribution in [1.82, 2.24) is 0 Å². The quantitative estimate of drug-likeness (QED) is 0.858. The number of benzene rings is 2. The molecule has 6 heteroatoms. The summed E-state index contributed by atoms with van der Waals surface area (Å²) in [4.78, 5) is 25.5. The lowest BCUT2D eigenvalue weighted by Crippen LogP contribution is -2.30. The predicted molar refractivity (Wildman–Crippen MR) is 89.6 cm³/mol. The molecule has 0 spiro atoms. The number of anilines is 2. The van der Waals surface area contributed by atoms with Gasteiger partial charge in [-0.2, -0.15) is 0 Å². The number of halogens is 2. The maximum absolute atomic E-state index is 12.1.